The van der Waals surface area contributed by atoms with Crippen LogP contribution in [-0.4, -0.2) is 0 Å². The zero-order valence-corrected chi connectivity index (χ0v) is 12.8. The fourth-order valence-corrected chi connectivity index (χ4v) is 1.16. The number of allylic oxidation sites excluding steroid dienone is 4. The predicted molar refractivity (Wildman–Crippen MR) is 63.5 cm³/mol. The molecule has 0 nitrogen and oxygen atoms in total. The number of halogens is 2. The van der Waals surface area contributed by atoms with Gasteiger partial charge in [-0.15, -0.1) is 0 Å². The first-order valence-corrected chi connectivity index (χ1v) is 12.1. The Morgan fingerprint density at radius 3 is 2.31 bits per heavy atom. The van der Waals surface area contributed by atoms with Gasteiger partial charge in [0.2, 0.25) is 0 Å². The van der Waals surface area contributed by atoms with Gasteiger partial charge in [-0.2, -0.15) is 0 Å². The van der Waals surface area contributed by atoms with E-state index in [2.05, 4.69) is 58.4 Å². The first-order valence-electron chi connectivity index (χ1n) is 4.43. The molecule has 0 spiro atoms. The van der Waals surface area contributed by atoms with E-state index >= 15 is 0 Å². The Bertz CT molecular complexity index is 176. The second-order valence-corrected chi connectivity index (χ2v) is 10.9. The van der Waals surface area contributed by atoms with Gasteiger partial charge in [-0.1, -0.05) is 44.1 Å². The van der Waals surface area contributed by atoms with E-state index in [0.717, 1.165) is 0 Å². The van der Waals surface area contributed by atoms with Crippen molar-refractivity contribution in [1.29, 1.82) is 0 Å². The molecule has 0 saturated heterocycles. The topological polar surface area (TPSA) is 0 Å². The van der Waals surface area contributed by atoms with Gasteiger partial charge in [-0.3, -0.25) is 0 Å². The van der Waals surface area contributed by atoms with Crippen LogP contribution in [0.2, 0.25) is 0 Å². The summed E-state index contributed by atoms with van der Waals surface area (Å²) in [6.45, 7) is 4.38. The predicted octanol–water partition coefficient (Wildman–Crippen LogP) is 4.96. The van der Waals surface area contributed by atoms with Gasteiger partial charge in [-0.25, -0.2) is 0 Å². The molecule has 0 fully saturated rings. The Morgan fingerprint density at radius 2 is 1.92 bits per heavy atom. The van der Waals surface area contributed by atoms with Crippen molar-refractivity contribution in [3.63, 3.8) is 0 Å². The third kappa shape index (κ3) is 8.17. The molecule has 1 aliphatic carbocycles. The fraction of sp³-hybridized carbons (Fsp3) is 0.500. The first kappa shape index (κ1) is 14.2. The van der Waals surface area contributed by atoms with E-state index in [-0.39, 0.29) is 15.0 Å². The molecule has 0 atom stereocenters. The van der Waals surface area contributed by atoms with Gasteiger partial charge in [-0.05, 0) is 12.8 Å². The average Bonchev–Trinajstić information content (AvgIpc) is 2.49. The van der Waals surface area contributed by atoms with Crippen LogP contribution in [0.3, 0.4) is 0 Å². The molecule has 0 unspecified atom stereocenters. The van der Waals surface area contributed by atoms with Crippen molar-refractivity contribution in [2.45, 2.75) is 33.1 Å². The molecule has 0 aromatic heterocycles. The van der Waals surface area contributed by atoms with Gasteiger partial charge < -0.3 is 0 Å². The van der Waals surface area contributed by atoms with Gasteiger partial charge in [0.25, 0.3) is 0 Å². The molecule has 13 heavy (non-hydrogen) atoms. The maximum absolute atomic E-state index is 3.19. The summed E-state index contributed by atoms with van der Waals surface area (Å²) in [5.41, 5.74) is 1.50. The minimum absolute atomic E-state index is 0.125. The van der Waals surface area contributed by atoms with Gasteiger partial charge in [0, 0.05) is 5.92 Å². The molecule has 0 saturated carbocycles. The Morgan fingerprint density at radius 1 is 1.31 bits per heavy atom. The third-order valence-corrected chi connectivity index (χ3v) is 1.79. The van der Waals surface area contributed by atoms with E-state index in [1.807, 2.05) is 0 Å². The van der Waals surface area contributed by atoms with E-state index in [4.69, 9.17) is 0 Å². The van der Waals surface area contributed by atoms with Crippen LogP contribution in [0.15, 0.2) is 23.8 Å². The van der Waals surface area contributed by atoms with Crippen molar-refractivity contribution < 1.29 is 15.0 Å². The SMILES string of the molecule is CCCCC1=C[C](C)C=C1.[Br][Ti][Br]. The molecule has 0 bridgehead atoms. The Kier molecular flexibility index (Phi) is 10.6. The number of hydrogen-bond donors (Lipinski definition) is 0. The molecule has 0 amide bonds. The summed E-state index contributed by atoms with van der Waals surface area (Å²) in [4.78, 5) is 0. The van der Waals surface area contributed by atoms with Gasteiger partial charge in [0.15, 0.2) is 0 Å². The van der Waals surface area contributed by atoms with Crippen LogP contribution >= 0.6 is 26.3 Å². The summed E-state index contributed by atoms with van der Waals surface area (Å²) in [5.74, 6) is 1.39. The van der Waals surface area contributed by atoms with E-state index in [1.165, 1.54) is 30.8 Å². The third-order valence-electron chi connectivity index (χ3n) is 1.79. The van der Waals surface area contributed by atoms with Crippen molar-refractivity contribution in [2.75, 3.05) is 0 Å². The first-order chi connectivity index (χ1) is 6.24. The average molecular weight is 343 g/mol. The summed E-state index contributed by atoms with van der Waals surface area (Å²) >= 11 is 6.50. The fourth-order valence-electron chi connectivity index (χ4n) is 1.16. The molecule has 1 rings (SSSR count). The molecule has 3 heteroatoms. The van der Waals surface area contributed by atoms with Crippen molar-refractivity contribution >= 4 is 26.3 Å². The van der Waals surface area contributed by atoms with Crippen LogP contribution in [0.25, 0.3) is 0 Å². The molecule has 0 aliphatic heterocycles. The number of hydrogen-bond acceptors (Lipinski definition) is 0. The Labute approximate surface area is 103 Å². The van der Waals surface area contributed by atoms with Crippen LogP contribution in [0.5, 0.6) is 0 Å². The minimum atomic E-state index is 0.125. The van der Waals surface area contributed by atoms with E-state index in [1.54, 1.807) is 0 Å². The van der Waals surface area contributed by atoms with Crippen LogP contribution in [-0.2, 0) is 15.0 Å². The maximum atomic E-state index is 3.19. The molecule has 73 valence electrons. The molecular weight excluding hydrogens is 328 g/mol. The van der Waals surface area contributed by atoms with Crippen LogP contribution in [0.4, 0.5) is 0 Å². The quantitative estimate of drug-likeness (QED) is 0.636. The molecule has 0 heterocycles. The summed E-state index contributed by atoms with van der Waals surface area (Å²) < 4.78 is 0. The second-order valence-electron chi connectivity index (χ2n) is 2.97. The molecular formula is C10H15Br2Ti. The summed E-state index contributed by atoms with van der Waals surface area (Å²) in [7, 11) is 0. The normalized spacial score (nSPS) is 14.9. The Hall–Kier alpha value is 1.15. The molecule has 1 aliphatic rings. The molecule has 0 N–H and O–H groups in total. The van der Waals surface area contributed by atoms with Crippen molar-refractivity contribution in [3.8, 4) is 0 Å². The molecule has 0 aromatic carbocycles. The Balaban J connectivity index is 0.000000424. The standard InChI is InChI=1S/C10H15.2BrH.Ti/c1-3-4-5-10-7-6-9(2)8-10;;;/h6-8H,3-5H2,1-2H3;2*1H;/q;;;+2/p-2. The second kappa shape index (κ2) is 9.70. The summed E-state index contributed by atoms with van der Waals surface area (Å²) in [5, 5.41) is 0. The van der Waals surface area contributed by atoms with Crippen molar-refractivity contribution in [1.82, 2.24) is 0 Å². The van der Waals surface area contributed by atoms with Gasteiger partial charge in [0.05, 0.1) is 0 Å². The van der Waals surface area contributed by atoms with Crippen LogP contribution in [0.1, 0.15) is 33.1 Å². The zero-order chi connectivity index (χ0) is 10.1. The zero-order valence-electron chi connectivity index (χ0n) is 8.11. The van der Waals surface area contributed by atoms with E-state index in [9.17, 15) is 0 Å². The number of unbranched alkanes of at least 4 members (excludes halogenated alkanes) is 1. The van der Waals surface area contributed by atoms with E-state index < -0.39 is 0 Å². The van der Waals surface area contributed by atoms with Crippen LogP contribution < -0.4 is 0 Å². The van der Waals surface area contributed by atoms with Crippen molar-refractivity contribution in [2.24, 2.45) is 0 Å². The van der Waals surface area contributed by atoms with Gasteiger partial charge >= 0.3 is 41.3 Å². The summed E-state index contributed by atoms with van der Waals surface area (Å²) in [6, 6.07) is 0. The van der Waals surface area contributed by atoms with Gasteiger partial charge in [0.1, 0.15) is 0 Å². The monoisotopic (exact) mass is 341 g/mol. The molecule has 1 radical (unpaired) electrons. The van der Waals surface area contributed by atoms with Crippen LogP contribution in [0, 0.1) is 5.92 Å². The van der Waals surface area contributed by atoms with E-state index in [0.29, 0.717) is 0 Å². The molecule has 0 aromatic rings. The summed E-state index contributed by atoms with van der Waals surface area (Å²) in [6.07, 6.45) is 10.6. The number of rotatable bonds is 3. The van der Waals surface area contributed by atoms with Crippen molar-refractivity contribution in [3.05, 3.63) is 29.7 Å².